The third-order valence-corrected chi connectivity index (χ3v) is 4.88. The van der Waals surface area contributed by atoms with Gasteiger partial charge in [0.25, 0.3) is 0 Å². The fraction of sp³-hybridized carbons (Fsp3) is 0.294. The van der Waals surface area contributed by atoms with Gasteiger partial charge in [0, 0.05) is 20.2 Å². The van der Waals surface area contributed by atoms with Crippen molar-refractivity contribution in [2.45, 2.75) is 33.1 Å². The first-order valence-electron chi connectivity index (χ1n) is 6.39. The Bertz CT molecular complexity index is 726. The summed E-state index contributed by atoms with van der Waals surface area (Å²) >= 11 is 1.91. The van der Waals surface area contributed by atoms with Gasteiger partial charge in [-0.05, 0) is 35.6 Å². The normalized spacial score (nSPS) is 12.4. The molecule has 0 radical (unpaired) electrons. The standard InChI is InChI=1S/C17H18S/c1-11-6-5-7-13-14-10-12(17(2,3)4)8-9-15(14)18-16(11)13/h5-10H,1-4H3. The fourth-order valence-corrected chi connectivity index (χ4v) is 3.56. The molecule has 1 aromatic heterocycles. The number of thiophene rings is 1. The van der Waals surface area contributed by atoms with E-state index < -0.39 is 0 Å². The lowest BCUT2D eigenvalue weighted by atomic mass is 9.86. The molecule has 0 aliphatic rings. The predicted molar refractivity (Wildman–Crippen MR) is 82.8 cm³/mol. The molecule has 0 spiro atoms. The highest BCUT2D eigenvalue weighted by molar-refractivity contribution is 7.26. The molecule has 0 unspecified atom stereocenters. The Hall–Kier alpha value is -1.34. The summed E-state index contributed by atoms with van der Waals surface area (Å²) in [6.07, 6.45) is 0. The number of rotatable bonds is 0. The number of hydrogen-bond acceptors (Lipinski definition) is 1. The van der Waals surface area contributed by atoms with Crippen LogP contribution in [0.5, 0.6) is 0 Å². The van der Waals surface area contributed by atoms with E-state index in [1.54, 1.807) is 0 Å². The Balaban J connectivity index is 2.40. The van der Waals surface area contributed by atoms with E-state index in [1.165, 1.54) is 31.3 Å². The summed E-state index contributed by atoms with van der Waals surface area (Å²) in [6.45, 7) is 9.01. The topological polar surface area (TPSA) is 0 Å². The SMILES string of the molecule is Cc1cccc2c1sc1ccc(C(C)(C)C)cc12. The molecule has 0 fully saturated rings. The first-order valence-corrected chi connectivity index (χ1v) is 7.21. The minimum Gasteiger partial charge on any atom is -0.135 e. The lowest BCUT2D eigenvalue weighted by Crippen LogP contribution is -2.10. The van der Waals surface area contributed by atoms with Crippen LogP contribution in [0.3, 0.4) is 0 Å². The molecule has 1 heterocycles. The van der Waals surface area contributed by atoms with Crippen LogP contribution in [0.15, 0.2) is 36.4 Å². The van der Waals surface area contributed by atoms with Crippen LogP contribution in [0.2, 0.25) is 0 Å². The molecule has 0 saturated carbocycles. The molecule has 0 aliphatic carbocycles. The van der Waals surface area contributed by atoms with E-state index in [9.17, 15) is 0 Å². The van der Waals surface area contributed by atoms with Gasteiger partial charge >= 0.3 is 0 Å². The average Bonchev–Trinajstić information content (AvgIpc) is 2.67. The van der Waals surface area contributed by atoms with Gasteiger partial charge in [0.2, 0.25) is 0 Å². The van der Waals surface area contributed by atoms with E-state index in [2.05, 4.69) is 64.1 Å². The molecule has 3 aromatic rings. The summed E-state index contributed by atoms with van der Waals surface area (Å²) in [5.74, 6) is 0. The summed E-state index contributed by atoms with van der Waals surface area (Å²) in [6, 6.07) is 13.5. The maximum absolute atomic E-state index is 2.37. The number of fused-ring (bicyclic) bond motifs is 3. The van der Waals surface area contributed by atoms with Gasteiger partial charge in [-0.2, -0.15) is 0 Å². The van der Waals surface area contributed by atoms with Gasteiger partial charge in [0.15, 0.2) is 0 Å². The van der Waals surface area contributed by atoms with Crippen LogP contribution in [0.25, 0.3) is 20.2 Å². The molecule has 18 heavy (non-hydrogen) atoms. The predicted octanol–water partition coefficient (Wildman–Crippen LogP) is 5.66. The van der Waals surface area contributed by atoms with Crippen molar-refractivity contribution in [3.05, 3.63) is 47.5 Å². The van der Waals surface area contributed by atoms with Gasteiger partial charge in [-0.25, -0.2) is 0 Å². The molecule has 0 N–H and O–H groups in total. The highest BCUT2D eigenvalue weighted by Gasteiger charge is 2.15. The highest BCUT2D eigenvalue weighted by Crippen LogP contribution is 2.37. The molecule has 92 valence electrons. The molecule has 2 aromatic carbocycles. The molecule has 0 nitrogen and oxygen atoms in total. The van der Waals surface area contributed by atoms with E-state index in [-0.39, 0.29) is 5.41 Å². The van der Waals surface area contributed by atoms with Crippen molar-refractivity contribution in [1.82, 2.24) is 0 Å². The van der Waals surface area contributed by atoms with Crippen molar-refractivity contribution in [3.8, 4) is 0 Å². The van der Waals surface area contributed by atoms with Crippen LogP contribution >= 0.6 is 11.3 Å². The van der Waals surface area contributed by atoms with Crippen LogP contribution in [0.4, 0.5) is 0 Å². The molecular formula is C17H18S. The maximum atomic E-state index is 2.37. The van der Waals surface area contributed by atoms with E-state index in [0.29, 0.717) is 0 Å². The minimum atomic E-state index is 0.215. The molecule has 1 heteroatoms. The van der Waals surface area contributed by atoms with Crippen LogP contribution in [-0.4, -0.2) is 0 Å². The zero-order valence-corrected chi connectivity index (χ0v) is 12.2. The van der Waals surface area contributed by atoms with E-state index >= 15 is 0 Å². The second-order valence-electron chi connectivity index (χ2n) is 6.01. The van der Waals surface area contributed by atoms with E-state index in [0.717, 1.165) is 0 Å². The number of aryl methyl sites for hydroxylation is 1. The fourth-order valence-electron chi connectivity index (χ4n) is 2.41. The molecule has 3 rings (SSSR count). The van der Waals surface area contributed by atoms with E-state index in [4.69, 9.17) is 0 Å². The van der Waals surface area contributed by atoms with E-state index in [1.807, 2.05) is 11.3 Å². The van der Waals surface area contributed by atoms with Gasteiger partial charge in [-0.3, -0.25) is 0 Å². The monoisotopic (exact) mass is 254 g/mol. The van der Waals surface area contributed by atoms with Crippen LogP contribution in [0.1, 0.15) is 31.9 Å². The lowest BCUT2D eigenvalue weighted by molar-refractivity contribution is 0.591. The second-order valence-corrected chi connectivity index (χ2v) is 7.07. The largest absolute Gasteiger partial charge is 0.135 e. The second kappa shape index (κ2) is 3.83. The first-order chi connectivity index (χ1) is 8.47. The molecule has 0 aliphatic heterocycles. The van der Waals surface area contributed by atoms with Crippen molar-refractivity contribution in [1.29, 1.82) is 0 Å². The third-order valence-electron chi connectivity index (χ3n) is 3.56. The summed E-state index contributed by atoms with van der Waals surface area (Å²) < 4.78 is 2.82. The van der Waals surface area contributed by atoms with Gasteiger partial charge in [-0.15, -0.1) is 11.3 Å². The zero-order valence-electron chi connectivity index (χ0n) is 11.4. The van der Waals surface area contributed by atoms with Gasteiger partial charge in [0.05, 0.1) is 0 Å². The Labute approximate surface area is 112 Å². The smallest absolute Gasteiger partial charge is 0.0384 e. The van der Waals surface area contributed by atoms with Gasteiger partial charge in [-0.1, -0.05) is 45.0 Å². The van der Waals surface area contributed by atoms with Crippen molar-refractivity contribution in [2.75, 3.05) is 0 Å². The lowest BCUT2D eigenvalue weighted by Gasteiger charge is -2.18. The maximum Gasteiger partial charge on any atom is 0.0384 e. The molecular weight excluding hydrogens is 236 g/mol. The Kier molecular flexibility index (Phi) is 2.49. The quantitative estimate of drug-likeness (QED) is 0.485. The van der Waals surface area contributed by atoms with Crippen LogP contribution in [-0.2, 0) is 5.41 Å². The first kappa shape index (κ1) is 11.7. The number of benzene rings is 2. The Morgan fingerprint density at radius 1 is 0.944 bits per heavy atom. The summed E-state index contributed by atoms with van der Waals surface area (Å²) in [5.41, 5.74) is 3.01. The van der Waals surface area contributed by atoms with Crippen molar-refractivity contribution >= 4 is 31.5 Å². The summed E-state index contributed by atoms with van der Waals surface area (Å²) in [4.78, 5) is 0. The number of hydrogen-bond donors (Lipinski definition) is 0. The zero-order chi connectivity index (χ0) is 12.9. The Morgan fingerprint density at radius 3 is 2.44 bits per heavy atom. The van der Waals surface area contributed by atoms with Gasteiger partial charge < -0.3 is 0 Å². The summed E-state index contributed by atoms with van der Waals surface area (Å²) in [7, 11) is 0. The molecule has 0 atom stereocenters. The van der Waals surface area contributed by atoms with Crippen molar-refractivity contribution in [2.24, 2.45) is 0 Å². The van der Waals surface area contributed by atoms with Gasteiger partial charge in [0.1, 0.15) is 0 Å². The van der Waals surface area contributed by atoms with Crippen molar-refractivity contribution in [3.63, 3.8) is 0 Å². The average molecular weight is 254 g/mol. The molecule has 0 saturated heterocycles. The van der Waals surface area contributed by atoms with Crippen molar-refractivity contribution < 1.29 is 0 Å². The van der Waals surface area contributed by atoms with Crippen LogP contribution < -0.4 is 0 Å². The molecule has 0 bridgehead atoms. The molecule has 0 amide bonds. The third kappa shape index (κ3) is 1.74. The van der Waals surface area contributed by atoms with Crippen LogP contribution in [0, 0.1) is 6.92 Å². The Morgan fingerprint density at radius 2 is 1.72 bits per heavy atom. The summed E-state index contributed by atoms with van der Waals surface area (Å²) in [5, 5.41) is 2.81. The minimum absolute atomic E-state index is 0.215. The highest BCUT2D eigenvalue weighted by atomic mass is 32.1.